The van der Waals surface area contributed by atoms with Crippen LogP contribution >= 0.6 is 0 Å². The maximum absolute atomic E-state index is 12.5. The van der Waals surface area contributed by atoms with Gasteiger partial charge in [-0.15, -0.1) is 0 Å². The van der Waals surface area contributed by atoms with Crippen molar-refractivity contribution in [2.75, 3.05) is 0 Å². The molecule has 146 valence electrons. The topological polar surface area (TPSA) is 85.8 Å². The average Bonchev–Trinajstić information content (AvgIpc) is 3.39. The molecule has 1 atom stereocenters. The minimum Gasteiger partial charge on any atom is -0.441 e. The summed E-state index contributed by atoms with van der Waals surface area (Å²) in [5.74, 6) is 1.08. The summed E-state index contributed by atoms with van der Waals surface area (Å²) in [7, 11) is 0. The Morgan fingerprint density at radius 2 is 1.90 bits per heavy atom. The van der Waals surface area contributed by atoms with Crippen LogP contribution in [0.1, 0.15) is 30.0 Å². The predicted molar refractivity (Wildman–Crippen MR) is 108 cm³/mol. The number of amides is 1. The zero-order chi connectivity index (χ0) is 20.2. The molecule has 2 aromatic heterocycles. The van der Waals surface area contributed by atoms with E-state index in [-0.39, 0.29) is 18.4 Å². The van der Waals surface area contributed by atoms with Crippen LogP contribution in [0.15, 0.2) is 71.7 Å². The Kier molecular flexibility index (Phi) is 5.20. The van der Waals surface area contributed by atoms with Crippen molar-refractivity contribution in [3.63, 3.8) is 0 Å². The summed E-state index contributed by atoms with van der Waals surface area (Å²) in [6.45, 7) is 3.78. The molecule has 0 spiro atoms. The summed E-state index contributed by atoms with van der Waals surface area (Å²) in [6.07, 6.45) is 3.31. The van der Waals surface area contributed by atoms with Crippen molar-refractivity contribution in [1.82, 2.24) is 25.1 Å². The van der Waals surface area contributed by atoms with Crippen molar-refractivity contribution in [2.45, 2.75) is 26.3 Å². The predicted octanol–water partition coefficient (Wildman–Crippen LogP) is 3.65. The smallest absolute Gasteiger partial charge is 0.226 e. The molecule has 7 nitrogen and oxygen atoms in total. The second-order valence-corrected chi connectivity index (χ2v) is 6.79. The van der Waals surface area contributed by atoms with Crippen molar-refractivity contribution < 1.29 is 9.21 Å². The summed E-state index contributed by atoms with van der Waals surface area (Å²) in [4.78, 5) is 21.0. The van der Waals surface area contributed by atoms with E-state index >= 15 is 0 Å². The van der Waals surface area contributed by atoms with Crippen LogP contribution in [0.5, 0.6) is 0 Å². The standard InChI is InChI=1S/C22H21N5O2/c1-15(17-8-10-19(11-9-17)27-14-23-13-24-27)25-21(28)12-20-16(2)29-22(26-20)18-6-4-3-5-7-18/h3-11,13-15H,12H2,1-2H3,(H,25,28). The van der Waals surface area contributed by atoms with Crippen LogP contribution in [0.25, 0.3) is 17.1 Å². The fourth-order valence-corrected chi connectivity index (χ4v) is 3.08. The summed E-state index contributed by atoms with van der Waals surface area (Å²) in [5, 5.41) is 7.13. The fourth-order valence-electron chi connectivity index (χ4n) is 3.08. The molecule has 0 bridgehead atoms. The molecule has 1 unspecified atom stereocenters. The van der Waals surface area contributed by atoms with Gasteiger partial charge in [-0.1, -0.05) is 30.3 Å². The van der Waals surface area contributed by atoms with Crippen molar-refractivity contribution in [2.24, 2.45) is 0 Å². The Labute approximate surface area is 168 Å². The number of benzene rings is 2. The molecule has 1 amide bonds. The van der Waals surface area contributed by atoms with Crippen LogP contribution in [0.4, 0.5) is 0 Å². The Morgan fingerprint density at radius 1 is 1.14 bits per heavy atom. The number of aryl methyl sites for hydroxylation is 1. The molecule has 0 saturated heterocycles. The van der Waals surface area contributed by atoms with Gasteiger partial charge >= 0.3 is 0 Å². The zero-order valence-electron chi connectivity index (χ0n) is 16.2. The second kappa shape index (κ2) is 8.10. The van der Waals surface area contributed by atoms with Crippen LogP contribution in [0.3, 0.4) is 0 Å². The van der Waals surface area contributed by atoms with E-state index in [0.29, 0.717) is 17.3 Å². The third-order valence-electron chi connectivity index (χ3n) is 4.70. The number of aromatic nitrogens is 4. The highest BCUT2D eigenvalue weighted by Crippen LogP contribution is 2.22. The van der Waals surface area contributed by atoms with Gasteiger partial charge in [-0.05, 0) is 43.7 Å². The first-order valence-electron chi connectivity index (χ1n) is 9.36. The van der Waals surface area contributed by atoms with E-state index < -0.39 is 0 Å². The van der Waals surface area contributed by atoms with Gasteiger partial charge in [-0.3, -0.25) is 4.79 Å². The van der Waals surface area contributed by atoms with Crippen molar-refractivity contribution in [1.29, 1.82) is 0 Å². The van der Waals surface area contributed by atoms with Gasteiger partial charge in [0.05, 0.1) is 23.8 Å². The van der Waals surface area contributed by atoms with Crippen molar-refractivity contribution in [3.05, 3.63) is 84.3 Å². The molecule has 0 aliphatic heterocycles. The molecular formula is C22H21N5O2. The van der Waals surface area contributed by atoms with E-state index in [4.69, 9.17) is 4.42 Å². The van der Waals surface area contributed by atoms with E-state index in [9.17, 15) is 4.79 Å². The molecule has 1 N–H and O–H groups in total. The summed E-state index contributed by atoms with van der Waals surface area (Å²) in [5.41, 5.74) is 3.46. The Bertz CT molecular complexity index is 1090. The summed E-state index contributed by atoms with van der Waals surface area (Å²) < 4.78 is 7.42. The number of hydrogen-bond donors (Lipinski definition) is 1. The van der Waals surface area contributed by atoms with E-state index in [1.165, 1.54) is 6.33 Å². The maximum Gasteiger partial charge on any atom is 0.226 e. The van der Waals surface area contributed by atoms with Gasteiger partial charge in [0.2, 0.25) is 11.8 Å². The van der Waals surface area contributed by atoms with Gasteiger partial charge in [0.25, 0.3) is 0 Å². The molecule has 4 rings (SSSR count). The highest BCUT2D eigenvalue weighted by atomic mass is 16.4. The lowest BCUT2D eigenvalue weighted by Gasteiger charge is -2.14. The monoisotopic (exact) mass is 387 g/mol. The largest absolute Gasteiger partial charge is 0.441 e. The number of carbonyl (C=O) groups excluding carboxylic acids is 1. The van der Waals surface area contributed by atoms with Gasteiger partial charge in [-0.25, -0.2) is 14.6 Å². The average molecular weight is 387 g/mol. The molecule has 0 fully saturated rings. The Balaban J connectivity index is 1.40. The highest BCUT2D eigenvalue weighted by molar-refractivity contribution is 5.79. The van der Waals surface area contributed by atoms with Gasteiger partial charge in [0.1, 0.15) is 18.4 Å². The number of rotatable bonds is 6. The quantitative estimate of drug-likeness (QED) is 0.546. The third kappa shape index (κ3) is 4.24. The molecule has 0 aliphatic carbocycles. The lowest BCUT2D eigenvalue weighted by Crippen LogP contribution is -2.28. The molecule has 0 radical (unpaired) electrons. The summed E-state index contributed by atoms with van der Waals surface area (Å²) >= 11 is 0. The lowest BCUT2D eigenvalue weighted by molar-refractivity contribution is -0.121. The number of carbonyl (C=O) groups is 1. The minimum atomic E-state index is -0.131. The number of nitrogens with one attached hydrogen (secondary N) is 1. The maximum atomic E-state index is 12.5. The van der Waals surface area contributed by atoms with Crippen LogP contribution < -0.4 is 5.32 Å². The fraction of sp³-hybridized carbons (Fsp3) is 0.182. The molecular weight excluding hydrogens is 366 g/mol. The zero-order valence-corrected chi connectivity index (χ0v) is 16.2. The third-order valence-corrected chi connectivity index (χ3v) is 4.70. The molecule has 0 aliphatic rings. The molecule has 0 saturated carbocycles. The molecule has 4 aromatic rings. The number of nitrogens with zero attached hydrogens (tertiary/aromatic N) is 4. The molecule has 2 heterocycles. The van der Waals surface area contributed by atoms with E-state index in [1.54, 1.807) is 11.0 Å². The first-order chi connectivity index (χ1) is 14.1. The van der Waals surface area contributed by atoms with E-state index in [2.05, 4.69) is 20.4 Å². The van der Waals surface area contributed by atoms with Crippen LogP contribution in [-0.2, 0) is 11.2 Å². The van der Waals surface area contributed by atoms with Gasteiger partial charge in [0.15, 0.2) is 0 Å². The van der Waals surface area contributed by atoms with E-state index in [0.717, 1.165) is 16.8 Å². The van der Waals surface area contributed by atoms with E-state index in [1.807, 2.05) is 68.4 Å². The van der Waals surface area contributed by atoms with Crippen LogP contribution in [0.2, 0.25) is 0 Å². The second-order valence-electron chi connectivity index (χ2n) is 6.79. The molecule has 2 aromatic carbocycles. The lowest BCUT2D eigenvalue weighted by atomic mass is 10.1. The van der Waals surface area contributed by atoms with Gasteiger partial charge < -0.3 is 9.73 Å². The molecule has 29 heavy (non-hydrogen) atoms. The number of hydrogen-bond acceptors (Lipinski definition) is 5. The Hall–Kier alpha value is -3.74. The normalized spacial score (nSPS) is 11.9. The van der Waals surface area contributed by atoms with Gasteiger partial charge in [-0.2, -0.15) is 5.10 Å². The van der Waals surface area contributed by atoms with Crippen LogP contribution in [0, 0.1) is 6.92 Å². The van der Waals surface area contributed by atoms with Gasteiger partial charge in [0, 0.05) is 5.56 Å². The number of oxazole rings is 1. The SMILES string of the molecule is Cc1oc(-c2ccccc2)nc1CC(=O)NC(C)c1ccc(-n2cncn2)cc1. The minimum absolute atomic E-state index is 0.103. The highest BCUT2D eigenvalue weighted by Gasteiger charge is 2.16. The first kappa shape index (κ1) is 18.6. The Morgan fingerprint density at radius 3 is 2.59 bits per heavy atom. The summed E-state index contributed by atoms with van der Waals surface area (Å²) in [6, 6.07) is 17.4. The van der Waals surface area contributed by atoms with Crippen molar-refractivity contribution in [3.8, 4) is 17.1 Å². The van der Waals surface area contributed by atoms with Crippen LogP contribution in [-0.4, -0.2) is 25.7 Å². The molecule has 7 heteroatoms. The first-order valence-corrected chi connectivity index (χ1v) is 9.36. The van der Waals surface area contributed by atoms with Crippen molar-refractivity contribution >= 4 is 5.91 Å².